The molecule has 2 aliphatic heterocycles. The summed E-state index contributed by atoms with van der Waals surface area (Å²) in [6, 6.07) is 0.383. The second kappa shape index (κ2) is 3.26. The van der Waals surface area contributed by atoms with Crippen LogP contribution in [0.15, 0.2) is 11.3 Å². The van der Waals surface area contributed by atoms with E-state index in [0.29, 0.717) is 12.0 Å². The topological polar surface area (TPSA) is 29.5 Å². The van der Waals surface area contributed by atoms with E-state index >= 15 is 0 Å². The van der Waals surface area contributed by atoms with E-state index in [1.165, 1.54) is 24.8 Å². The van der Waals surface area contributed by atoms with Crippen LogP contribution in [0.4, 0.5) is 4.79 Å². The molecule has 1 amide bonds. The molecule has 0 spiro atoms. The number of ether oxygens (including phenoxy) is 1. The molecule has 0 N–H and O–H groups in total. The van der Waals surface area contributed by atoms with Crippen molar-refractivity contribution in [1.82, 2.24) is 4.90 Å². The monoisotopic (exact) mass is 207 g/mol. The molecular formula is C12H17NO2. The van der Waals surface area contributed by atoms with E-state index in [2.05, 4.69) is 0 Å². The van der Waals surface area contributed by atoms with Crippen molar-refractivity contribution in [2.45, 2.75) is 45.1 Å². The van der Waals surface area contributed by atoms with Crippen molar-refractivity contribution in [2.24, 2.45) is 5.92 Å². The zero-order valence-corrected chi connectivity index (χ0v) is 9.16. The van der Waals surface area contributed by atoms with Gasteiger partial charge in [0.15, 0.2) is 0 Å². The molecule has 3 rings (SSSR count). The van der Waals surface area contributed by atoms with Gasteiger partial charge in [0.2, 0.25) is 0 Å². The van der Waals surface area contributed by atoms with Gasteiger partial charge in [0.25, 0.3) is 0 Å². The lowest BCUT2D eigenvalue weighted by Crippen LogP contribution is -2.45. The summed E-state index contributed by atoms with van der Waals surface area (Å²) in [5.74, 6) is 1.58. The van der Waals surface area contributed by atoms with Crippen molar-refractivity contribution >= 4 is 6.09 Å². The highest BCUT2D eigenvalue weighted by molar-refractivity contribution is 5.72. The van der Waals surface area contributed by atoms with Crippen LogP contribution in [-0.2, 0) is 4.74 Å². The van der Waals surface area contributed by atoms with E-state index in [1.807, 2.05) is 11.8 Å². The molecule has 3 aliphatic rings. The van der Waals surface area contributed by atoms with Crippen LogP contribution in [0.1, 0.15) is 39.0 Å². The molecule has 0 bridgehead atoms. The Labute approximate surface area is 90.1 Å². The largest absolute Gasteiger partial charge is 0.415 e. The Balaban J connectivity index is 2.02. The molecule has 3 nitrogen and oxygen atoms in total. The van der Waals surface area contributed by atoms with Crippen LogP contribution in [0.3, 0.4) is 0 Å². The molecule has 15 heavy (non-hydrogen) atoms. The number of amides is 1. The number of carbonyl (C=O) groups excluding carboxylic acids is 1. The van der Waals surface area contributed by atoms with Gasteiger partial charge in [-0.3, -0.25) is 0 Å². The highest BCUT2D eigenvalue weighted by atomic mass is 16.6. The fraction of sp³-hybridized carbons (Fsp3) is 0.750. The first kappa shape index (κ1) is 9.25. The van der Waals surface area contributed by atoms with Crippen LogP contribution in [0.2, 0.25) is 0 Å². The highest BCUT2D eigenvalue weighted by Crippen LogP contribution is 2.43. The van der Waals surface area contributed by atoms with Crippen LogP contribution >= 0.6 is 0 Å². The van der Waals surface area contributed by atoms with Crippen molar-refractivity contribution in [3.63, 3.8) is 0 Å². The fourth-order valence-corrected chi connectivity index (χ4v) is 3.35. The number of rotatable bonds is 0. The Hall–Kier alpha value is -0.990. The molecule has 0 aromatic heterocycles. The standard InChI is InChI=1S/C12H17NO2/c1-8-10-6-5-9-4-2-3-7-13(11(9)10)12(14)15-8/h9,11H,2-7H2,1H3/t9-,11+/m0/s1. The van der Waals surface area contributed by atoms with E-state index in [-0.39, 0.29) is 6.09 Å². The summed E-state index contributed by atoms with van der Waals surface area (Å²) in [4.78, 5) is 13.7. The fourth-order valence-electron chi connectivity index (χ4n) is 3.35. The van der Waals surface area contributed by atoms with Crippen LogP contribution in [0.5, 0.6) is 0 Å². The van der Waals surface area contributed by atoms with Crippen molar-refractivity contribution in [3.05, 3.63) is 11.3 Å². The van der Waals surface area contributed by atoms with E-state index in [1.54, 1.807) is 0 Å². The molecule has 0 radical (unpaired) electrons. The zero-order valence-electron chi connectivity index (χ0n) is 9.16. The first-order valence-electron chi connectivity index (χ1n) is 5.95. The zero-order chi connectivity index (χ0) is 10.4. The van der Waals surface area contributed by atoms with Gasteiger partial charge in [0, 0.05) is 6.54 Å². The first-order chi connectivity index (χ1) is 7.27. The van der Waals surface area contributed by atoms with Gasteiger partial charge in [0.1, 0.15) is 5.76 Å². The molecule has 3 heteroatoms. The highest BCUT2D eigenvalue weighted by Gasteiger charge is 2.44. The van der Waals surface area contributed by atoms with Crippen molar-refractivity contribution in [3.8, 4) is 0 Å². The predicted molar refractivity (Wildman–Crippen MR) is 56.3 cm³/mol. The van der Waals surface area contributed by atoms with E-state index in [0.717, 1.165) is 25.1 Å². The van der Waals surface area contributed by atoms with Crippen LogP contribution in [0.25, 0.3) is 0 Å². The summed E-state index contributed by atoms with van der Waals surface area (Å²) in [6.07, 6.45) is 5.93. The number of allylic oxidation sites excluding steroid dienone is 1. The van der Waals surface area contributed by atoms with Gasteiger partial charge in [-0.05, 0) is 44.1 Å². The number of hydrogen-bond donors (Lipinski definition) is 0. The van der Waals surface area contributed by atoms with E-state index < -0.39 is 0 Å². The van der Waals surface area contributed by atoms with Crippen LogP contribution in [-0.4, -0.2) is 23.6 Å². The van der Waals surface area contributed by atoms with Gasteiger partial charge in [-0.15, -0.1) is 0 Å². The number of carbonyl (C=O) groups is 1. The molecular weight excluding hydrogens is 190 g/mol. The van der Waals surface area contributed by atoms with Crippen molar-refractivity contribution < 1.29 is 9.53 Å². The average Bonchev–Trinajstić information content (AvgIpc) is 2.50. The van der Waals surface area contributed by atoms with Crippen molar-refractivity contribution in [1.29, 1.82) is 0 Å². The van der Waals surface area contributed by atoms with Gasteiger partial charge >= 0.3 is 6.09 Å². The Morgan fingerprint density at radius 1 is 1.33 bits per heavy atom. The van der Waals surface area contributed by atoms with Gasteiger partial charge in [-0.1, -0.05) is 6.42 Å². The van der Waals surface area contributed by atoms with Crippen LogP contribution < -0.4 is 0 Å². The second-order valence-electron chi connectivity index (χ2n) is 4.88. The third kappa shape index (κ3) is 1.29. The van der Waals surface area contributed by atoms with Gasteiger partial charge in [-0.25, -0.2) is 4.79 Å². The third-order valence-corrected chi connectivity index (χ3v) is 4.07. The molecule has 1 aliphatic carbocycles. The first-order valence-corrected chi connectivity index (χ1v) is 5.95. The minimum Gasteiger partial charge on any atom is -0.415 e. The summed E-state index contributed by atoms with van der Waals surface area (Å²) < 4.78 is 5.31. The summed E-state index contributed by atoms with van der Waals surface area (Å²) in [5, 5.41) is 0. The summed E-state index contributed by atoms with van der Waals surface area (Å²) in [5.41, 5.74) is 1.39. The maximum Gasteiger partial charge on any atom is 0.415 e. The lowest BCUT2D eigenvalue weighted by Gasteiger charge is -2.35. The van der Waals surface area contributed by atoms with E-state index in [9.17, 15) is 4.79 Å². The molecule has 0 aromatic carbocycles. The lowest BCUT2D eigenvalue weighted by molar-refractivity contribution is 0.0951. The molecule has 2 atom stereocenters. The van der Waals surface area contributed by atoms with Crippen LogP contribution in [0, 0.1) is 5.92 Å². The average molecular weight is 207 g/mol. The summed E-state index contributed by atoms with van der Waals surface area (Å²) in [7, 11) is 0. The molecule has 0 unspecified atom stereocenters. The molecule has 82 valence electrons. The number of hydrogen-bond acceptors (Lipinski definition) is 2. The van der Waals surface area contributed by atoms with Crippen molar-refractivity contribution in [2.75, 3.05) is 6.54 Å². The van der Waals surface area contributed by atoms with E-state index in [4.69, 9.17) is 4.74 Å². The quantitative estimate of drug-likeness (QED) is 0.611. The molecule has 2 heterocycles. The Kier molecular flexibility index (Phi) is 2.01. The minimum atomic E-state index is -0.116. The molecule has 1 saturated heterocycles. The second-order valence-corrected chi connectivity index (χ2v) is 4.88. The third-order valence-electron chi connectivity index (χ3n) is 4.07. The molecule has 2 fully saturated rings. The molecule has 0 aromatic rings. The lowest BCUT2D eigenvalue weighted by atomic mass is 9.96. The minimum absolute atomic E-state index is 0.116. The smallest absolute Gasteiger partial charge is 0.415 e. The van der Waals surface area contributed by atoms with Gasteiger partial charge in [-0.2, -0.15) is 0 Å². The predicted octanol–water partition coefficient (Wildman–Crippen LogP) is 2.68. The molecule has 1 saturated carbocycles. The maximum atomic E-state index is 11.8. The summed E-state index contributed by atoms with van der Waals surface area (Å²) >= 11 is 0. The maximum absolute atomic E-state index is 11.8. The number of nitrogens with zero attached hydrogens (tertiary/aromatic N) is 1. The van der Waals surface area contributed by atoms with Gasteiger partial charge in [0.05, 0.1) is 6.04 Å². The Bertz CT molecular complexity index is 335. The Morgan fingerprint density at radius 3 is 3.07 bits per heavy atom. The normalized spacial score (nSPS) is 35.0. The van der Waals surface area contributed by atoms with Gasteiger partial charge < -0.3 is 9.64 Å². The number of cyclic esters (lactones) is 1. The Morgan fingerprint density at radius 2 is 2.20 bits per heavy atom. The summed E-state index contributed by atoms with van der Waals surface area (Å²) in [6.45, 7) is 2.83. The SMILES string of the molecule is CC1=C2CC[C@@H]3CCCCN(C(=O)O1)[C@@H]23.